The maximum atomic E-state index is 13.2. The molecule has 0 saturated heterocycles. The van der Waals surface area contributed by atoms with Crippen LogP contribution in [0.15, 0.2) is 0 Å². The minimum Gasteiger partial charge on any atom is -0.459 e. The molecule has 0 fully saturated rings. The van der Waals surface area contributed by atoms with Gasteiger partial charge in [0.05, 0.1) is 6.17 Å². The van der Waals surface area contributed by atoms with Crippen LogP contribution in [-0.2, 0) is 9.53 Å². The summed E-state index contributed by atoms with van der Waals surface area (Å²) in [5, 5.41) is -0.0712. The first-order chi connectivity index (χ1) is 10.3. The second kappa shape index (κ2) is 12.2. The molecule has 22 heavy (non-hydrogen) atoms. The zero-order valence-electron chi connectivity index (χ0n) is 15.1. The van der Waals surface area contributed by atoms with Gasteiger partial charge in [0.1, 0.15) is 10.9 Å². The van der Waals surface area contributed by atoms with Crippen molar-refractivity contribution in [2.75, 3.05) is 5.75 Å². The highest BCUT2D eigenvalue weighted by Gasteiger charge is 2.25. The Hall–Kier alpha value is -0.250. The molecule has 0 radical (unpaired) electrons. The number of hydrogen-bond acceptors (Lipinski definition) is 3. The molecule has 0 amide bonds. The van der Waals surface area contributed by atoms with E-state index in [-0.39, 0.29) is 11.2 Å². The number of esters is 1. The molecule has 2 nitrogen and oxygen atoms in total. The van der Waals surface area contributed by atoms with E-state index in [0.29, 0.717) is 12.8 Å². The van der Waals surface area contributed by atoms with E-state index in [4.69, 9.17) is 4.74 Å². The van der Waals surface area contributed by atoms with Crippen LogP contribution in [0.3, 0.4) is 0 Å². The minimum atomic E-state index is -0.670. The minimum absolute atomic E-state index is 0.0712. The number of alkyl halides is 1. The van der Waals surface area contributed by atoms with Crippen molar-refractivity contribution in [3.8, 4) is 0 Å². The Balaban J connectivity index is 4.15. The van der Waals surface area contributed by atoms with E-state index in [2.05, 4.69) is 6.92 Å². The van der Waals surface area contributed by atoms with Crippen molar-refractivity contribution in [2.24, 2.45) is 0 Å². The first-order valence-corrected chi connectivity index (χ1v) is 9.83. The van der Waals surface area contributed by atoms with E-state index in [1.807, 2.05) is 27.7 Å². The first kappa shape index (κ1) is 21.8. The van der Waals surface area contributed by atoms with Gasteiger partial charge in [0.2, 0.25) is 0 Å². The van der Waals surface area contributed by atoms with E-state index >= 15 is 0 Å². The molecule has 0 spiro atoms. The van der Waals surface area contributed by atoms with Gasteiger partial charge in [-0.25, -0.2) is 4.39 Å². The molecule has 132 valence electrons. The number of rotatable bonds is 12. The topological polar surface area (TPSA) is 26.3 Å². The Bertz CT molecular complexity index is 289. The van der Waals surface area contributed by atoms with Gasteiger partial charge in [-0.15, -0.1) is 11.8 Å². The van der Waals surface area contributed by atoms with E-state index in [0.717, 1.165) is 44.3 Å². The first-order valence-electron chi connectivity index (χ1n) is 8.78. The SMILES string of the molecule is CCCCCC(SCCCCC(F)CC)C(=O)OC(C)(C)C. The number of carbonyl (C=O) groups excluding carboxylic acids is 1. The molecule has 0 N–H and O–H groups in total. The van der Waals surface area contributed by atoms with Gasteiger partial charge < -0.3 is 4.74 Å². The number of thioether (sulfide) groups is 1. The molecule has 0 aromatic rings. The zero-order chi connectivity index (χ0) is 17.0. The standard InChI is InChI=1S/C18H35FO2S/c1-6-8-9-13-16(17(20)21-18(3,4)5)22-14-11-10-12-15(19)7-2/h15-16H,6-14H2,1-5H3. The largest absolute Gasteiger partial charge is 0.459 e. The Morgan fingerprint density at radius 3 is 2.27 bits per heavy atom. The van der Waals surface area contributed by atoms with E-state index in [1.165, 1.54) is 0 Å². The second-order valence-electron chi connectivity index (χ2n) is 6.89. The van der Waals surface area contributed by atoms with Crippen LogP contribution in [0.1, 0.15) is 86.0 Å². The van der Waals surface area contributed by atoms with Crippen molar-refractivity contribution in [3.05, 3.63) is 0 Å². The maximum absolute atomic E-state index is 13.2. The molecule has 0 aromatic carbocycles. The number of carbonyl (C=O) groups is 1. The zero-order valence-corrected chi connectivity index (χ0v) is 15.9. The van der Waals surface area contributed by atoms with Crippen LogP contribution in [0, 0.1) is 0 Å². The molecule has 0 aliphatic carbocycles. The number of unbranched alkanes of at least 4 members (excludes halogenated alkanes) is 3. The lowest BCUT2D eigenvalue weighted by atomic mass is 10.1. The van der Waals surface area contributed by atoms with Crippen molar-refractivity contribution in [3.63, 3.8) is 0 Å². The fourth-order valence-corrected chi connectivity index (χ4v) is 3.29. The Morgan fingerprint density at radius 1 is 1.09 bits per heavy atom. The lowest BCUT2D eigenvalue weighted by Crippen LogP contribution is -2.30. The van der Waals surface area contributed by atoms with Crippen LogP contribution in [0.2, 0.25) is 0 Å². The number of halogens is 1. The highest BCUT2D eigenvalue weighted by atomic mass is 32.2. The summed E-state index contributed by atoms with van der Waals surface area (Å²) in [6, 6.07) is 0. The monoisotopic (exact) mass is 334 g/mol. The van der Waals surface area contributed by atoms with Crippen molar-refractivity contribution in [1.82, 2.24) is 0 Å². The summed E-state index contributed by atoms with van der Waals surface area (Å²) >= 11 is 1.68. The van der Waals surface area contributed by atoms with Crippen LogP contribution < -0.4 is 0 Å². The van der Waals surface area contributed by atoms with Crippen LogP contribution in [0.4, 0.5) is 4.39 Å². The lowest BCUT2D eigenvalue weighted by molar-refractivity contribution is -0.154. The predicted molar refractivity (Wildman–Crippen MR) is 95.3 cm³/mol. The molecule has 0 heterocycles. The average Bonchev–Trinajstić information content (AvgIpc) is 2.42. The third kappa shape index (κ3) is 12.3. The number of hydrogen-bond donors (Lipinski definition) is 0. The Labute approximate surface area is 141 Å². The van der Waals surface area contributed by atoms with Gasteiger partial charge >= 0.3 is 5.97 Å². The van der Waals surface area contributed by atoms with E-state index in [9.17, 15) is 9.18 Å². The van der Waals surface area contributed by atoms with Gasteiger partial charge in [0.15, 0.2) is 0 Å². The van der Waals surface area contributed by atoms with Crippen molar-refractivity contribution < 1.29 is 13.9 Å². The summed E-state index contributed by atoms with van der Waals surface area (Å²) in [6.45, 7) is 9.77. The maximum Gasteiger partial charge on any atom is 0.319 e. The summed E-state index contributed by atoms with van der Waals surface area (Å²) in [5.74, 6) is 0.817. The van der Waals surface area contributed by atoms with Crippen LogP contribution >= 0.6 is 11.8 Å². The molecule has 0 aliphatic rings. The molecular formula is C18H35FO2S. The smallest absolute Gasteiger partial charge is 0.319 e. The molecule has 0 aliphatic heterocycles. The Morgan fingerprint density at radius 2 is 1.73 bits per heavy atom. The third-order valence-electron chi connectivity index (χ3n) is 3.41. The lowest BCUT2D eigenvalue weighted by Gasteiger charge is -2.23. The van der Waals surface area contributed by atoms with Crippen LogP contribution in [0.5, 0.6) is 0 Å². The van der Waals surface area contributed by atoms with Gasteiger partial charge in [-0.05, 0) is 58.6 Å². The normalized spacial score (nSPS) is 14.6. The van der Waals surface area contributed by atoms with Gasteiger partial charge in [0.25, 0.3) is 0 Å². The Kier molecular flexibility index (Phi) is 12.1. The molecule has 0 bridgehead atoms. The molecule has 4 heteroatoms. The molecule has 0 saturated carbocycles. The van der Waals surface area contributed by atoms with Crippen molar-refractivity contribution in [1.29, 1.82) is 0 Å². The predicted octanol–water partition coefficient (Wildman–Crippen LogP) is 5.93. The van der Waals surface area contributed by atoms with Crippen molar-refractivity contribution in [2.45, 2.75) is 103 Å². The summed E-state index contributed by atoms with van der Waals surface area (Å²) in [6.07, 6.45) is 6.70. The summed E-state index contributed by atoms with van der Waals surface area (Å²) < 4.78 is 18.7. The van der Waals surface area contributed by atoms with Crippen LogP contribution in [-0.4, -0.2) is 28.7 Å². The van der Waals surface area contributed by atoms with Gasteiger partial charge in [-0.1, -0.05) is 33.1 Å². The molecule has 0 aromatic heterocycles. The highest BCUT2D eigenvalue weighted by molar-refractivity contribution is 8.00. The molecule has 2 unspecified atom stereocenters. The summed E-state index contributed by atoms with van der Waals surface area (Å²) in [7, 11) is 0. The van der Waals surface area contributed by atoms with Crippen LogP contribution in [0.25, 0.3) is 0 Å². The van der Waals surface area contributed by atoms with E-state index in [1.54, 1.807) is 11.8 Å². The highest BCUT2D eigenvalue weighted by Crippen LogP contribution is 2.24. The fraction of sp³-hybridized carbons (Fsp3) is 0.944. The molecule has 0 rings (SSSR count). The van der Waals surface area contributed by atoms with Gasteiger partial charge in [-0.3, -0.25) is 4.79 Å². The number of ether oxygens (including phenoxy) is 1. The van der Waals surface area contributed by atoms with Crippen molar-refractivity contribution >= 4 is 17.7 Å². The van der Waals surface area contributed by atoms with Gasteiger partial charge in [0, 0.05) is 0 Å². The van der Waals surface area contributed by atoms with E-state index < -0.39 is 11.8 Å². The second-order valence-corrected chi connectivity index (χ2v) is 8.20. The molecule has 2 atom stereocenters. The summed E-state index contributed by atoms with van der Waals surface area (Å²) in [4.78, 5) is 12.3. The van der Waals surface area contributed by atoms with Gasteiger partial charge in [-0.2, -0.15) is 0 Å². The quantitative estimate of drug-likeness (QED) is 0.327. The third-order valence-corrected chi connectivity index (χ3v) is 4.77. The molecular weight excluding hydrogens is 299 g/mol. The fourth-order valence-electron chi connectivity index (χ4n) is 2.11. The summed E-state index contributed by atoms with van der Waals surface area (Å²) in [5.41, 5.74) is -0.427. The average molecular weight is 335 g/mol.